The van der Waals surface area contributed by atoms with Crippen molar-refractivity contribution >= 4 is 17.2 Å². The molecule has 23 heavy (non-hydrogen) atoms. The summed E-state index contributed by atoms with van der Waals surface area (Å²) < 4.78 is 1.47. The van der Waals surface area contributed by atoms with E-state index in [1.165, 1.54) is 10.7 Å². The van der Waals surface area contributed by atoms with Crippen molar-refractivity contribution in [2.75, 3.05) is 0 Å². The van der Waals surface area contributed by atoms with Gasteiger partial charge in [0.2, 0.25) is 5.91 Å². The van der Waals surface area contributed by atoms with Crippen molar-refractivity contribution in [2.45, 2.75) is 32.7 Å². The molecular weight excluding hydrogens is 290 g/mol. The Morgan fingerprint density at radius 1 is 1.04 bits per heavy atom. The Bertz CT molecular complexity index is 820. The van der Waals surface area contributed by atoms with Crippen molar-refractivity contribution in [3.05, 3.63) is 64.1 Å². The van der Waals surface area contributed by atoms with Gasteiger partial charge >= 0.3 is 0 Å². The number of carbonyl (C=O) groups excluding carboxylic acids is 1. The fraction of sp³-hybridized carbons (Fsp3) is 0.278. The molecule has 1 aromatic heterocycles. The SMILES string of the molecule is CC(C)n1nc(C2=C(c3ccccc3)NC(=O)CC2)ccc1=O. The van der Waals surface area contributed by atoms with Crippen molar-refractivity contribution < 1.29 is 4.79 Å². The fourth-order valence-corrected chi connectivity index (χ4v) is 2.70. The van der Waals surface area contributed by atoms with E-state index in [1.54, 1.807) is 6.07 Å². The Labute approximate surface area is 134 Å². The van der Waals surface area contributed by atoms with Crippen molar-refractivity contribution in [3.63, 3.8) is 0 Å². The van der Waals surface area contributed by atoms with Crippen molar-refractivity contribution in [2.24, 2.45) is 0 Å². The molecule has 1 aromatic carbocycles. The lowest BCUT2D eigenvalue weighted by Crippen LogP contribution is -2.29. The summed E-state index contributed by atoms with van der Waals surface area (Å²) in [7, 11) is 0. The van der Waals surface area contributed by atoms with E-state index in [1.807, 2.05) is 44.2 Å². The van der Waals surface area contributed by atoms with E-state index < -0.39 is 0 Å². The Morgan fingerprint density at radius 2 is 1.78 bits per heavy atom. The maximum absolute atomic E-state index is 11.9. The Hall–Kier alpha value is -2.69. The van der Waals surface area contributed by atoms with Crippen LogP contribution in [0.2, 0.25) is 0 Å². The summed E-state index contributed by atoms with van der Waals surface area (Å²) in [6.07, 6.45) is 1.04. The fourth-order valence-electron chi connectivity index (χ4n) is 2.70. The number of hydrogen-bond donors (Lipinski definition) is 1. The van der Waals surface area contributed by atoms with E-state index in [0.29, 0.717) is 12.8 Å². The van der Waals surface area contributed by atoms with Crippen LogP contribution in [0.5, 0.6) is 0 Å². The third-order valence-corrected chi connectivity index (χ3v) is 3.85. The minimum Gasteiger partial charge on any atom is -0.325 e. The second-order valence-electron chi connectivity index (χ2n) is 5.86. The number of aromatic nitrogens is 2. The molecule has 3 rings (SSSR count). The third-order valence-electron chi connectivity index (χ3n) is 3.85. The number of rotatable bonds is 3. The third kappa shape index (κ3) is 3.08. The lowest BCUT2D eigenvalue weighted by molar-refractivity contribution is -0.120. The number of allylic oxidation sites excluding steroid dienone is 1. The van der Waals surface area contributed by atoms with E-state index >= 15 is 0 Å². The first-order chi connectivity index (χ1) is 11.1. The van der Waals surface area contributed by atoms with E-state index in [0.717, 1.165) is 22.5 Å². The number of benzene rings is 1. The molecule has 1 amide bonds. The Morgan fingerprint density at radius 3 is 2.48 bits per heavy atom. The molecule has 0 unspecified atom stereocenters. The molecule has 0 aliphatic carbocycles. The molecule has 0 saturated heterocycles. The maximum atomic E-state index is 11.9. The lowest BCUT2D eigenvalue weighted by atomic mass is 9.96. The highest BCUT2D eigenvalue weighted by molar-refractivity contribution is 6.00. The molecule has 5 heteroatoms. The maximum Gasteiger partial charge on any atom is 0.267 e. The van der Waals surface area contributed by atoms with Crippen LogP contribution in [0.25, 0.3) is 11.3 Å². The number of hydrogen-bond acceptors (Lipinski definition) is 3. The first-order valence-corrected chi connectivity index (χ1v) is 7.75. The molecule has 1 N–H and O–H groups in total. The molecule has 2 aromatic rings. The molecule has 0 atom stereocenters. The van der Waals surface area contributed by atoms with Crippen molar-refractivity contribution in [1.82, 2.24) is 15.1 Å². The van der Waals surface area contributed by atoms with E-state index in [9.17, 15) is 9.59 Å². The van der Waals surface area contributed by atoms with Crippen LogP contribution in [0.1, 0.15) is 44.0 Å². The second kappa shape index (κ2) is 6.20. The predicted molar refractivity (Wildman–Crippen MR) is 89.5 cm³/mol. The van der Waals surface area contributed by atoms with Crippen LogP contribution < -0.4 is 10.9 Å². The van der Waals surface area contributed by atoms with Gasteiger partial charge < -0.3 is 5.32 Å². The molecule has 1 aliphatic rings. The van der Waals surface area contributed by atoms with Crippen molar-refractivity contribution in [1.29, 1.82) is 0 Å². The standard InChI is InChI=1S/C18H19N3O2/c1-12(2)21-17(23)11-9-15(20-21)14-8-10-16(22)19-18(14)13-6-4-3-5-7-13/h3-7,9,11-12H,8,10H2,1-2H3,(H,19,22). The highest BCUT2D eigenvalue weighted by atomic mass is 16.1. The summed E-state index contributed by atoms with van der Waals surface area (Å²) in [6, 6.07) is 13.0. The highest BCUT2D eigenvalue weighted by Crippen LogP contribution is 2.30. The molecule has 0 bridgehead atoms. The van der Waals surface area contributed by atoms with Gasteiger partial charge in [-0.1, -0.05) is 30.3 Å². The van der Waals surface area contributed by atoms with Crippen LogP contribution >= 0.6 is 0 Å². The minimum absolute atomic E-state index is 0.00443. The number of carbonyl (C=O) groups is 1. The summed E-state index contributed by atoms with van der Waals surface area (Å²) in [6.45, 7) is 3.85. The summed E-state index contributed by atoms with van der Waals surface area (Å²) in [5, 5.41) is 7.45. The smallest absolute Gasteiger partial charge is 0.267 e. The largest absolute Gasteiger partial charge is 0.325 e. The van der Waals surface area contributed by atoms with E-state index in [-0.39, 0.29) is 17.5 Å². The quantitative estimate of drug-likeness (QED) is 0.948. The van der Waals surface area contributed by atoms with Gasteiger partial charge in [0.15, 0.2) is 0 Å². The second-order valence-corrected chi connectivity index (χ2v) is 5.86. The monoisotopic (exact) mass is 309 g/mol. The van der Waals surface area contributed by atoms with Crippen molar-refractivity contribution in [3.8, 4) is 0 Å². The molecule has 2 heterocycles. The van der Waals surface area contributed by atoms with Gasteiger partial charge in [-0.15, -0.1) is 0 Å². The molecule has 0 fully saturated rings. The van der Waals surface area contributed by atoms with Gasteiger partial charge in [-0.2, -0.15) is 5.10 Å². The van der Waals surface area contributed by atoms with Crippen LogP contribution in [0.3, 0.4) is 0 Å². The summed E-state index contributed by atoms with van der Waals surface area (Å²) >= 11 is 0. The van der Waals surface area contributed by atoms with Crippen LogP contribution in [-0.2, 0) is 4.79 Å². The average Bonchev–Trinajstić information content (AvgIpc) is 2.56. The zero-order chi connectivity index (χ0) is 16.4. The van der Waals surface area contributed by atoms with Crippen LogP contribution in [0, 0.1) is 0 Å². The first kappa shape index (κ1) is 15.2. The molecular formula is C18H19N3O2. The molecule has 0 radical (unpaired) electrons. The molecule has 118 valence electrons. The normalized spacial score (nSPS) is 15.0. The summed E-state index contributed by atoms with van der Waals surface area (Å²) in [5.74, 6) is 0.00443. The van der Waals surface area contributed by atoms with Crippen LogP contribution in [0.4, 0.5) is 0 Å². The van der Waals surface area contributed by atoms with Crippen LogP contribution in [0.15, 0.2) is 47.3 Å². The molecule has 5 nitrogen and oxygen atoms in total. The number of nitrogens with one attached hydrogen (secondary N) is 1. The molecule has 0 spiro atoms. The number of amides is 1. The van der Waals surface area contributed by atoms with Gasteiger partial charge in [-0.25, -0.2) is 4.68 Å². The van der Waals surface area contributed by atoms with Gasteiger partial charge in [0.05, 0.1) is 17.4 Å². The average molecular weight is 309 g/mol. The van der Waals surface area contributed by atoms with Gasteiger partial charge in [-0.3, -0.25) is 9.59 Å². The Kier molecular flexibility index (Phi) is 4.10. The zero-order valence-electron chi connectivity index (χ0n) is 13.2. The van der Waals surface area contributed by atoms with Gasteiger partial charge in [0, 0.05) is 18.1 Å². The molecule has 1 aliphatic heterocycles. The van der Waals surface area contributed by atoms with Gasteiger partial charge in [0.1, 0.15) is 0 Å². The van der Waals surface area contributed by atoms with E-state index in [2.05, 4.69) is 10.4 Å². The van der Waals surface area contributed by atoms with Crippen LogP contribution in [-0.4, -0.2) is 15.7 Å². The lowest BCUT2D eigenvalue weighted by Gasteiger charge is -2.22. The summed E-state index contributed by atoms with van der Waals surface area (Å²) in [4.78, 5) is 23.7. The number of nitrogens with zero attached hydrogens (tertiary/aromatic N) is 2. The topological polar surface area (TPSA) is 64.0 Å². The summed E-state index contributed by atoms with van der Waals surface area (Å²) in [5.41, 5.74) is 3.30. The first-order valence-electron chi connectivity index (χ1n) is 7.75. The Balaban J connectivity index is 2.16. The van der Waals surface area contributed by atoms with Gasteiger partial charge in [0.25, 0.3) is 5.56 Å². The zero-order valence-corrected chi connectivity index (χ0v) is 13.2. The highest BCUT2D eigenvalue weighted by Gasteiger charge is 2.21. The molecule has 0 saturated carbocycles. The predicted octanol–water partition coefficient (Wildman–Crippen LogP) is 2.60. The van der Waals surface area contributed by atoms with Gasteiger partial charge in [-0.05, 0) is 31.9 Å². The minimum atomic E-state index is -0.120. The van der Waals surface area contributed by atoms with E-state index in [4.69, 9.17) is 0 Å².